The number of aromatic amines is 1. The topological polar surface area (TPSA) is 79.5 Å². The minimum absolute atomic E-state index is 0.203. The molecule has 2 aliphatic heterocycles. The molecule has 2 aromatic rings. The number of nitrogens with zero attached hydrogens (tertiary/aromatic N) is 2. The van der Waals surface area contributed by atoms with Crippen LogP contribution in [0.25, 0.3) is 16.3 Å². The average molecular weight is 410 g/mol. The lowest BCUT2D eigenvalue weighted by Gasteiger charge is -2.26. The largest absolute Gasteiger partial charge is 0.456 e. The molecule has 0 unspecified atom stereocenters. The Labute approximate surface area is 172 Å². The summed E-state index contributed by atoms with van der Waals surface area (Å²) >= 11 is 1.64. The third-order valence-electron chi connectivity index (χ3n) is 5.25. The predicted molar refractivity (Wildman–Crippen MR) is 115 cm³/mol. The first-order valence-electron chi connectivity index (χ1n) is 9.80. The quantitative estimate of drug-likeness (QED) is 0.579. The highest BCUT2D eigenvalue weighted by molar-refractivity contribution is 8.01. The Kier molecular flexibility index (Phi) is 5.24. The number of aromatic nitrogens is 2. The molecule has 8 heteroatoms. The van der Waals surface area contributed by atoms with Gasteiger partial charge in [0.05, 0.1) is 24.0 Å². The van der Waals surface area contributed by atoms with E-state index in [4.69, 9.17) is 9.47 Å². The molecule has 1 fully saturated rings. The smallest absolute Gasteiger partial charge is 0.272 e. The zero-order valence-corrected chi connectivity index (χ0v) is 16.8. The third kappa shape index (κ3) is 3.76. The highest BCUT2D eigenvalue weighted by atomic mass is 32.2. The minimum atomic E-state index is -0.203. The maximum absolute atomic E-state index is 12.2. The van der Waals surface area contributed by atoms with Crippen molar-refractivity contribution in [2.75, 3.05) is 39.4 Å². The van der Waals surface area contributed by atoms with Crippen molar-refractivity contribution >= 4 is 28.3 Å². The lowest BCUT2D eigenvalue weighted by atomic mass is 10.0. The van der Waals surface area contributed by atoms with Crippen LogP contribution in [-0.4, -0.2) is 54.5 Å². The number of ether oxygens (including phenoxy) is 2. The van der Waals surface area contributed by atoms with E-state index in [2.05, 4.69) is 32.0 Å². The van der Waals surface area contributed by atoms with Crippen molar-refractivity contribution < 1.29 is 9.47 Å². The van der Waals surface area contributed by atoms with E-state index in [1.165, 1.54) is 4.91 Å². The highest BCUT2D eigenvalue weighted by Crippen LogP contribution is 2.40. The second-order valence-corrected chi connectivity index (χ2v) is 8.14. The van der Waals surface area contributed by atoms with Crippen molar-refractivity contribution in [2.45, 2.75) is 6.42 Å². The number of hydrogen-bond donors (Lipinski definition) is 2. The molecule has 5 rings (SSSR count). The van der Waals surface area contributed by atoms with Crippen LogP contribution in [0.3, 0.4) is 0 Å². The van der Waals surface area contributed by atoms with Crippen molar-refractivity contribution in [2.24, 2.45) is 0 Å². The van der Waals surface area contributed by atoms with Gasteiger partial charge in [0.1, 0.15) is 17.2 Å². The van der Waals surface area contributed by atoms with Crippen molar-refractivity contribution in [3.8, 4) is 5.75 Å². The minimum Gasteiger partial charge on any atom is -0.456 e. The van der Waals surface area contributed by atoms with E-state index >= 15 is 0 Å². The zero-order chi connectivity index (χ0) is 19.6. The molecule has 3 aliphatic rings. The second-order valence-electron chi connectivity index (χ2n) is 7.13. The number of H-pyrrole nitrogens is 1. The standard InChI is InChI=1S/C21H22N4O3S/c26-21-15-4-2-6-18-19(15)20(23-24-21)16-13-14(3-1-5-17(16)28-18)29-22-7-8-25-9-11-27-12-10-25/h1-2,4-6,13,22H,3,7-12H2,(H,24,26). The molecule has 0 amide bonds. The van der Waals surface area contributed by atoms with Crippen LogP contribution in [0.15, 0.2) is 51.9 Å². The van der Waals surface area contributed by atoms with Gasteiger partial charge in [-0.2, -0.15) is 5.10 Å². The Morgan fingerprint density at radius 3 is 3.07 bits per heavy atom. The average Bonchev–Trinajstić information content (AvgIpc) is 2.96. The molecule has 1 aromatic heterocycles. The molecule has 0 bridgehead atoms. The number of hydrogen-bond acceptors (Lipinski definition) is 7. The van der Waals surface area contributed by atoms with Gasteiger partial charge in [-0.1, -0.05) is 12.1 Å². The number of morpholine rings is 1. The Morgan fingerprint density at radius 2 is 2.17 bits per heavy atom. The zero-order valence-electron chi connectivity index (χ0n) is 15.9. The van der Waals surface area contributed by atoms with Crippen molar-refractivity contribution in [3.05, 3.63) is 63.1 Å². The first-order chi connectivity index (χ1) is 14.3. The Bertz CT molecular complexity index is 1080. The van der Waals surface area contributed by atoms with Crippen LogP contribution in [0.5, 0.6) is 5.75 Å². The van der Waals surface area contributed by atoms with Crippen molar-refractivity contribution in [1.82, 2.24) is 19.8 Å². The summed E-state index contributed by atoms with van der Waals surface area (Å²) in [4.78, 5) is 15.8. The molecule has 1 aliphatic carbocycles. The highest BCUT2D eigenvalue weighted by Gasteiger charge is 2.24. The summed E-state index contributed by atoms with van der Waals surface area (Å²) in [5.74, 6) is 1.43. The van der Waals surface area contributed by atoms with Crippen LogP contribution in [0.2, 0.25) is 0 Å². The molecule has 0 saturated carbocycles. The van der Waals surface area contributed by atoms with Crippen molar-refractivity contribution in [3.63, 3.8) is 0 Å². The lowest BCUT2D eigenvalue weighted by Crippen LogP contribution is -2.39. The Hall–Kier alpha value is -2.39. The molecule has 1 saturated heterocycles. The van der Waals surface area contributed by atoms with Crippen LogP contribution in [0.4, 0.5) is 0 Å². The van der Waals surface area contributed by atoms with Crippen LogP contribution in [0, 0.1) is 0 Å². The van der Waals surface area contributed by atoms with Gasteiger partial charge in [-0.25, -0.2) is 5.10 Å². The third-order valence-corrected chi connectivity index (χ3v) is 6.14. The molecule has 3 heterocycles. The van der Waals surface area contributed by atoms with Gasteiger partial charge in [0.2, 0.25) is 0 Å². The maximum atomic E-state index is 12.2. The van der Waals surface area contributed by atoms with E-state index < -0.39 is 0 Å². The SMILES string of the molecule is O=c1[nH]nc2c3c(cccc13)OC1=C2C=C(SNCCN2CCOCC2)CC=C1. The van der Waals surface area contributed by atoms with Gasteiger partial charge in [-0.05, 0) is 42.7 Å². The van der Waals surface area contributed by atoms with Gasteiger partial charge in [0.15, 0.2) is 0 Å². The molecule has 7 nitrogen and oxygen atoms in total. The summed E-state index contributed by atoms with van der Waals surface area (Å²) in [7, 11) is 0. The van der Waals surface area contributed by atoms with Gasteiger partial charge in [0, 0.05) is 36.7 Å². The summed E-state index contributed by atoms with van der Waals surface area (Å²) in [6.07, 6.45) is 7.01. The van der Waals surface area contributed by atoms with Crippen molar-refractivity contribution in [1.29, 1.82) is 0 Å². The van der Waals surface area contributed by atoms with Crippen LogP contribution < -0.4 is 15.0 Å². The van der Waals surface area contributed by atoms with Gasteiger partial charge < -0.3 is 9.47 Å². The molecule has 1 aromatic carbocycles. The summed E-state index contributed by atoms with van der Waals surface area (Å²) < 4.78 is 15.0. The number of fused-ring (bicyclic) bond motifs is 1. The van der Waals surface area contributed by atoms with E-state index in [-0.39, 0.29) is 5.56 Å². The first kappa shape index (κ1) is 18.6. The molecular formula is C21H22N4O3S. The van der Waals surface area contributed by atoms with Crippen LogP contribution >= 0.6 is 11.9 Å². The van der Waals surface area contributed by atoms with Gasteiger partial charge in [0.25, 0.3) is 5.56 Å². The molecule has 2 N–H and O–H groups in total. The van der Waals surface area contributed by atoms with E-state index in [1.807, 2.05) is 18.2 Å². The molecule has 0 spiro atoms. The summed E-state index contributed by atoms with van der Waals surface area (Å²) in [6, 6.07) is 5.51. The van der Waals surface area contributed by atoms with E-state index in [1.54, 1.807) is 18.0 Å². The molecule has 150 valence electrons. The summed E-state index contributed by atoms with van der Waals surface area (Å²) in [6.45, 7) is 5.55. The van der Waals surface area contributed by atoms with Gasteiger partial charge in [-0.3, -0.25) is 14.4 Å². The van der Waals surface area contributed by atoms with E-state index in [9.17, 15) is 4.79 Å². The van der Waals surface area contributed by atoms with E-state index in [0.717, 1.165) is 68.2 Å². The number of allylic oxidation sites excluding steroid dienone is 5. The molecule has 0 atom stereocenters. The second kappa shape index (κ2) is 8.16. The monoisotopic (exact) mass is 410 g/mol. The van der Waals surface area contributed by atoms with Crippen LogP contribution in [-0.2, 0) is 4.74 Å². The predicted octanol–water partition coefficient (Wildman–Crippen LogP) is 2.44. The number of rotatable bonds is 5. The summed E-state index contributed by atoms with van der Waals surface area (Å²) in [5, 5.41) is 8.34. The fraction of sp³-hybridized carbons (Fsp3) is 0.333. The fourth-order valence-corrected chi connectivity index (χ4v) is 4.50. The molecule has 0 radical (unpaired) electrons. The fourth-order valence-electron chi connectivity index (χ4n) is 3.77. The Balaban J connectivity index is 1.36. The molecular weight excluding hydrogens is 388 g/mol. The maximum Gasteiger partial charge on any atom is 0.272 e. The van der Waals surface area contributed by atoms with E-state index in [0.29, 0.717) is 11.1 Å². The van der Waals surface area contributed by atoms with Gasteiger partial charge >= 0.3 is 0 Å². The van der Waals surface area contributed by atoms with Crippen LogP contribution in [0.1, 0.15) is 12.1 Å². The Morgan fingerprint density at radius 1 is 1.28 bits per heavy atom. The normalized spacial score (nSPS) is 19.0. The molecule has 29 heavy (non-hydrogen) atoms. The number of benzene rings is 1. The lowest BCUT2D eigenvalue weighted by molar-refractivity contribution is 0.0391. The number of nitrogens with one attached hydrogen (secondary N) is 2. The summed E-state index contributed by atoms with van der Waals surface area (Å²) in [5.41, 5.74) is 1.45. The van der Waals surface area contributed by atoms with Gasteiger partial charge in [-0.15, -0.1) is 0 Å². The first-order valence-corrected chi connectivity index (χ1v) is 10.6.